The van der Waals surface area contributed by atoms with E-state index in [9.17, 15) is 14.4 Å². The van der Waals surface area contributed by atoms with Gasteiger partial charge >= 0.3 is 5.69 Å². The summed E-state index contributed by atoms with van der Waals surface area (Å²) in [6.45, 7) is 1.85. The van der Waals surface area contributed by atoms with Crippen molar-refractivity contribution >= 4 is 16.9 Å². The first-order valence-electron chi connectivity index (χ1n) is 8.94. The van der Waals surface area contributed by atoms with Crippen molar-refractivity contribution < 1.29 is 9.53 Å². The van der Waals surface area contributed by atoms with Crippen molar-refractivity contribution in [3.8, 4) is 5.75 Å². The lowest BCUT2D eigenvalue weighted by Gasteiger charge is -2.14. The van der Waals surface area contributed by atoms with E-state index in [0.717, 1.165) is 15.7 Å². The van der Waals surface area contributed by atoms with Gasteiger partial charge in [-0.15, -0.1) is 0 Å². The number of rotatable bonds is 6. The van der Waals surface area contributed by atoms with E-state index >= 15 is 0 Å². The number of methoxy groups -OCH3 is 1. The number of aromatic nitrogens is 3. The van der Waals surface area contributed by atoms with Crippen molar-refractivity contribution in [2.75, 3.05) is 7.11 Å². The predicted molar refractivity (Wildman–Crippen MR) is 105 cm³/mol. The lowest BCUT2D eigenvalue weighted by molar-refractivity contribution is -0.121. The van der Waals surface area contributed by atoms with Crippen molar-refractivity contribution in [3.05, 3.63) is 68.5 Å². The number of nitrogens with one attached hydrogen (secondary N) is 1. The minimum absolute atomic E-state index is 0.194. The Morgan fingerprint density at radius 1 is 1.21 bits per heavy atom. The number of carbonyl (C=O) groups excluding carboxylic acids is 1. The minimum atomic E-state index is -0.605. The second-order valence-corrected chi connectivity index (χ2v) is 6.36. The molecule has 0 saturated carbocycles. The lowest BCUT2D eigenvalue weighted by atomic mass is 10.1. The number of fused-ring (bicyclic) bond motifs is 1. The number of ether oxygens (including phenoxy) is 1. The number of carbonyl (C=O) groups is 1. The Hall–Kier alpha value is -3.42. The number of benzene rings is 1. The van der Waals surface area contributed by atoms with E-state index < -0.39 is 17.2 Å². The first kappa shape index (κ1) is 19.3. The van der Waals surface area contributed by atoms with Gasteiger partial charge in [-0.05, 0) is 12.0 Å². The van der Waals surface area contributed by atoms with E-state index in [4.69, 9.17) is 4.74 Å². The van der Waals surface area contributed by atoms with Gasteiger partial charge in [-0.25, -0.2) is 14.3 Å². The molecule has 0 aliphatic heterocycles. The van der Waals surface area contributed by atoms with Gasteiger partial charge in [0.2, 0.25) is 5.91 Å². The van der Waals surface area contributed by atoms with Crippen LogP contribution in [0, 0.1) is 0 Å². The number of amides is 1. The molecular formula is C20H22N4O4. The molecule has 0 fully saturated rings. The first-order chi connectivity index (χ1) is 13.5. The molecule has 0 aliphatic rings. The van der Waals surface area contributed by atoms with Crippen LogP contribution in [0.5, 0.6) is 5.75 Å². The molecule has 1 aromatic carbocycles. The smallest absolute Gasteiger partial charge is 0.332 e. The maximum absolute atomic E-state index is 13.0. The second kappa shape index (κ2) is 8.08. The van der Waals surface area contributed by atoms with Gasteiger partial charge in [0, 0.05) is 25.4 Å². The maximum Gasteiger partial charge on any atom is 0.332 e. The standard InChI is InChI=1S/C20H22N4O4/c1-4-14-11-22-18-16(17(14)28-3)19(26)24(20(27)23(18)2)12-15(25)21-10-13-8-6-5-7-9-13/h5-9,11H,4,10,12H2,1-3H3,(H,21,25). The SMILES string of the molecule is CCc1cnc2c(c1OC)c(=O)n(CC(=O)NCc1ccccc1)c(=O)n2C. The maximum atomic E-state index is 13.0. The van der Waals surface area contributed by atoms with Crippen molar-refractivity contribution in [3.63, 3.8) is 0 Å². The van der Waals surface area contributed by atoms with Crippen LogP contribution in [-0.4, -0.2) is 27.1 Å². The minimum Gasteiger partial charge on any atom is -0.495 e. The van der Waals surface area contributed by atoms with Crippen LogP contribution in [0.1, 0.15) is 18.1 Å². The Kier molecular flexibility index (Phi) is 5.58. The van der Waals surface area contributed by atoms with Gasteiger partial charge in [-0.2, -0.15) is 0 Å². The summed E-state index contributed by atoms with van der Waals surface area (Å²) < 4.78 is 7.58. The molecule has 8 heteroatoms. The topological polar surface area (TPSA) is 95.2 Å². The molecule has 2 heterocycles. The summed E-state index contributed by atoms with van der Waals surface area (Å²) in [5.74, 6) is -0.0486. The van der Waals surface area contributed by atoms with E-state index in [1.54, 1.807) is 6.20 Å². The summed E-state index contributed by atoms with van der Waals surface area (Å²) in [5, 5.41) is 2.92. The molecule has 0 radical (unpaired) electrons. The van der Waals surface area contributed by atoms with E-state index in [2.05, 4.69) is 10.3 Å². The Morgan fingerprint density at radius 3 is 2.57 bits per heavy atom. The number of hydrogen-bond donors (Lipinski definition) is 1. The van der Waals surface area contributed by atoms with Gasteiger partial charge < -0.3 is 10.1 Å². The van der Waals surface area contributed by atoms with Crippen LogP contribution in [0.15, 0.2) is 46.1 Å². The monoisotopic (exact) mass is 382 g/mol. The van der Waals surface area contributed by atoms with Crippen molar-refractivity contribution in [1.29, 1.82) is 0 Å². The summed E-state index contributed by atoms with van der Waals surface area (Å²) in [6, 6.07) is 9.38. The number of aryl methyl sites for hydroxylation is 2. The van der Waals surface area contributed by atoms with Gasteiger partial charge in [-0.3, -0.25) is 14.2 Å². The molecule has 0 unspecified atom stereocenters. The fourth-order valence-electron chi connectivity index (χ4n) is 3.09. The van der Waals surface area contributed by atoms with Gasteiger partial charge in [0.15, 0.2) is 5.65 Å². The third-order valence-corrected chi connectivity index (χ3v) is 4.60. The number of pyridine rings is 1. The quantitative estimate of drug-likeness (QED) is 0.686. The Bertz CT molecular complexity index is 1130. The highest BCUT2D eigenvalue weighted by atomic mass is 16.5. The van der Waals surface area contributed by atoms with E-state index in [-0.39, 0.29) is 17.6 Å². The molecule has 1 N–H and O–H groups in total. The molecule has 8 nitrogen and oxygen atoms in total. The Morgan fingerprint density at radius 2 is 1.93 bits per heavy atom. The Balaban J connectivity index is 2.00. The average Bonchev–Trinajstić information content (AvgIpc) is 2.73. The van der Waals surface area contributed by atoms with Gasteiger partial charge in [0.25, 0.3) is 5.56 Å². The molecule has 146 valence electrons. The molecule has 3 rings (SSSR count). The van der Waals surface area contributed by atoms with Crippen molar-refractivity contribution in [1.82, 2.24) is 19.4 Å². The van der Waals surface area contributed by atoms with Crippen LogP contribution in [0.25, 0.3) is 11.0 Å². The molecule has 0 bridgehead atoms. The van der Waals surface area contributed by atoms with Crippen LogP contribution in [-0.2, 0) is 31.4 Å². The largest absolute Gasteiger partial charge is 0.495 e. The zero-order valence-electron chi connectivity index (χ0n) is 16.1. The van der Waals surface area contributed by atoms with E-state index in [1.165, 1.54) is 18.7 Å². The fourth-order valence-corrected chi connectivity index (χ4v) is 3.09. The molecule has 3 aromatic rings. The van der Waals surface area contributed by atoms with Gasteiger partial charge in [0.1, 0.15) is 17.7 Å². The van der Waals surface area contributed by atoms with Crippen LogP contribution in [0.4, 0.5) is 0 Å². The number of nitrogens with zero attached hydrogens (tertiary/aromatic N) is 3. The molecule has 0 aliphatic carbocycles. The molecule has 1 amide bonds. The summed E-state index contributed by atoms with van der Waals surface area (Å²) in [4.78, 5) is 42.2. The zero-order chi connectivity index (χ0) is 20.3. The Labute approximate surface area is 161 Å². The van der Waals surface area contributed by atoms with Gasteiger partial charge in [-0.1, -0.05) is 37.3 Å². The lowest BCUT2D eigenvalue weighted by Crippen LogP contribution is -2.43. The summed E-state index contributed by atoms with van der Waals surface area (Å²) in [7, 11) is 2.98. The van der Waals surface area contributed by atoms with Crippen molar-refractivity contribution in [2.45, 2.75) is 26.4 Å². The fraction of sp³-hybridized carbons (Fsp3) is 0.300. The first-order valence-corrected chi connectivity index (χ1v) is 8.94. The summed E-state index contributed by atoms with van der Waals surface area (Å²) in [6.07, 6.45) is 2.21. The average molecular weight is 382 g/mol. The van der Waals surface area contributed by atoms with Gasteiger partial charge in [0.05, 0.1) is 7.11 Å². The van der Waals surface area contributed by atoms with E-state index in [0.29, 0.717) is 18.7 Å². The van der Waals surface area contributed by atoms with Crippen LogP contribution >= 0.6 is 0 Å². The highest BCUT2D eigenvalue weighted by Crippen LogP contribution is 2.24. The van der Waals surface area contributed by atoms with E-state index in [1.807, 2.05) is 37.3 Å². The predicted octanol–water partition coefficient (Wildman–Crippen LogP) is 0.983. The summed E-state index contributed by atoms with van der Waals surface area (Å²) >= 11 is 0. The molecule has 0 saturated heterocycles. The molecule has 28 heavy (non-hydrogen) atoms. The molecular weight excluding hydrogens is 360 g/mol. The van der Waals surface area contributed by atoms with Crippen LogP contribution < -0.4 is 21.3 Å². The van der Waals surface area contributed by atoms with Crippen molar-refractivity contribution in [2.24, 2.45) is 7.05 Å². The molecule has 0 spiro atoms. The number of hydrogen-bond acceptors (Lipinski definition) is 5. The molecule has 2 aromatic heterocycles. The van der Waals surface area contributed by atoms with Crippen LogP contribution in [0.2, 0.25) is 0 Å². The normalized spacial score (nSPS) is 10.8. The zero-order valence-corrected chi connectivity index (χ0v) is 16.1. The molecule has 0 atom stereocenters. The second-order valence-electron chi connectivity index (χ2n) is 6.36. The third kappa shape index (κ3) is 3.53. The highest BCUT2D eigenvalue weighted by molar-refractivity contribution is 5.83. The summed E-state index contributed by atoms with van der Waals surface area (Å²) in [5.41, 5.74) is 0.711. The van der Waals surface area contributed by atoms with Crippen LogP contribution in [0.3, 0.4) is 0 Å². The highest BCUT2D eigenvalue weighted by Gasteiger charge is 2.19. The third-order valence-electron chi connectivity index (χ3n) is 4.60.